The van der Waals surface area contributed by atoms with Crippen LogP contribution in [0.1, 0.15) is 28.9 Å². The lowest BCUT2D eigenvalue weighted by Gasteiger charge is -2.26. The number of amides is 1. The molecule has 170 valence electrons. The van der Waals surface area contributed by atoms with Gasteiger partial charge in [-0.2, -0.15) is 15.4 Å². The molecular formula is C24H26N6O3. The summed E-state index contributed by atoms with van der Waals surface area (Å²) in [6.45, 7) is 3.26. The number of rotatable bonds is 6. The van der Waals surface area contributed by atoms with Crippen LogP contribution in [0.2, 0.25) is 0 Å². The highest BCUT2D eigenvalue weighted by atomic mass is 16.5. The van der Waals surface area contributed by atoms with E-state index in [0.717, 1.165) is 41.7 Å². The molecule has 3 heterocycles. The molecule has 1 atom stereocenters. The van der Waals surface area contributed by atoms with Crippen LogP contribution in [0.15, 0.2) is 42.7 Å². The lowest BCUT2D eigenvalue weighted by molar-refractivity contribution is 0.0725. The number of benzene rings is 2. The van der Waals surface area contributed by atoms with Crippen molar-refractivity contribution in [3.63, 3.8) is 0 Å². The Morgan fingerprint density at radius 1 is 1.15 bits per heavy atom. The molecule has 5 rings (SSSR count). The summed E-state index contributed by atoms with van der Waals surface area (Å²) >= 11 is 0. The zero-order valence-corrected chi connectivity index (χ0v) is 18.9. The second-order valence-electron chi connectivity index (χ2n) is 8.19. The number of H-pyrrole nitrogens is 1. The predicted octanol–water partition coefficient (Wildman–Crippen LogP) is 3.45. The van der Waals surface area contributed by atoms with Gasteiger partial charge in [-0.1, -0.05) is 18.2 Å². The largest absolute Gasteiger partial charge is 0.493 e. The van der Waals surface area contributed by atoms with E-state index in [0.29, 0.717) is 29.3 Å². The zero-order chi connectivity index (χ0) is 22.9. The van der Waals surface area contributed by atoms with Crippen LogP contribution in [0, 0.1) is 6.92 Å². The van der Waals surface area contributed by atoms with Gasteiger partial charge < -0.3 is 18.9 Å². The number of ether oxygens (including phenoxy) is 2. The van der Waals surface area contributed by atoms with E-state index in [1.807, 2.05) is 54.5 Å². The number of nitrogens with zero attached hydrogens (tertiary/aromatic N) is 5. The molecule has 0 saturated carbocycles. The van der Waals surface area contributed by atoms with E-state index < -0.39 is 0 Å². The standard InChI is InChI=1S/C24H26N6O3/c1-15-23(27-28-26-15)17-8-4-5-9-18(17)24(31)30-10-6-7-16(30)13-29-14-25-19-11-21(32-2)22(33-3)12-20(19)29/h4-5,8-9,11-12,14,16H,6-7,10,13H2,1-3H3,(H,26,27,28)/t16-/m0/s1. The van der Waals surface area contributed by atoms with Crippen molar-refractivity contribution >= 4 is 16.9 Å². The lowest BCUT2D eigenvalue weighted by Crippen LogP contribution is -2.38. The number of methoxy groups -OCH3 is 2. The number of carbonyl (C=O) groups is 1. The number of aromatic nitrogens is 5. The Labute approximate surface area is 191 Å². The minimum absolute atomic E-state index is 0.0131. The summed E-state index contributed by atoms with van der Waals surface area (Å²) in [5, 5.41) is 11.0. The molecule has 2 aromatic heterocycles. The maximum absolute atomic E-state index is 13.7. The minimum atomic E-state index is 0.0131. The zero-order valence-electron chi connectivity index (χ0n) is 18.9. The Morgan fingerprint density at radius 2 is 1.94 bits per heavy atom. The maximum Gasteiger partial charge on any atom is 0.254 e. The fourth-order valence-electron chi connectivity index (χ4n) is 4.62. The number of aromatic amines is 1. The van der Waals surface area contributed by atoms with Crippen LogP contribution in [-0.2, 0) is 6.54 Å². The number of aryl methyl sites for hydroxylation is 1. The van der Waals surface area contributed by atoms with Crippen molar-refractivity contribution in [2.45, 2.75) is 32.4 Å². The van der Waals surface area contributed by atoms with Gasteiger partial charge in [0.1, 0.15) is 5.69 Å². The van der Waals surface area contributed by atoms with E-state index in [9.17, 15) is 4.79 Å². The van der Waals surface area contributed by atoms with E-state index in [1.54, 1.807) is 14.2 Å². The molecule has 1 amide bonds. The topological polar surface area (TPSA) is 98.2 Å². The first-order valence-corrected chi connectivity index (χ1v) is 10.9. The van der Waals surface area contributed by atoms with Crippen molar-refractivity contribution in [2.75, 3.05) is 20.8 Å². The Morgan fingerprint density at radius 3 is 2.70 bits per heavy atom. The first-order valence-electron chi connectivity index (χ1n) is 10.9. The summed E-state index contributed by atoms with van der Waals surface area (Å²) in [7, 11) is 3.23. The van der Waals surface area contributed by atoms with E-state index in [1.165, 1.54) is 0 Å². The van der Waals surface area contributed by atoms with Gasteiger partial charge in [-0.25, -0.2) is 4.98 Å². The summed E-state index contributed by atoms with van der Waals surface area (Å²) in [5.74, 6) is 1.31. The quantitative estimate of drug-likeness (QED) is 0.487. The van der Waals surface area contributed by atoms with Crippen LogP contribution in [-0.4, -0.2) is 62.6 Å². The van der Waals surface area contributed by atoms with Crippen molar-refractivity contribution in [1.82, 2.24) is 29.9 Å². The molecule has 9 heteroatoms. The van der Waals surface area contributed by atoms with Crippen LogP contribution in [0.4, 0.5) is 0 Å². The molecule has 0 unspecified atom stereocenters. The van der Waals surface area contributed by atoms with Crippen LogP contribution in [0.25, 0.3) is 22.3 Å². The molecule has 0 bridgehead atoms. The van der Waals surface area contributed by atoms with Gasteiger partial charge in [-0.05, 0) is 25.8 Å². The van der Waals surface area contributed by atoms with Crippen LogP contribution < -0.4 is 9.47 Å². The van der Waals surface area contributed by atoms with Crippen molar-refractivity contribution in [3.8, 4) is 22.8 Å². The van der Waals surface area contributed by atoms with Crippen molar-refractivity contribution in [1.29, 1.82) is 0 Å². The molecule has 2 aromatic carbocycles. The van der Waals surface area contributed by atoms with Crippen molar-refractivity contribution in [3.05, 3.63) is 54.0 Å². The minimum Gasteiger partial charge on any atom is -0.493 e. The third-order valence-corrected chi connectivity index (χ3v) is 6.31. The van der Waals surface area contributed by atoms with E-state index in [2.05, 4.69) is 25.0 Å². The predicted molar refractivity (Wildman–Crippen MR) is 123 cm³/mol. The molecule has 1 fully saturated rings. The second kappa shape index (κ2) is 8.57. The molecule has 1 N–H and O–H groups in total. The average molecular weight is 447 g/mol. The number of nitrogens with one attached hydrogen (secondary N) is 1. The van der Waals surface area contributed by atoms with Gasteiger partial charge in [-0.15, -0.1) is 0 Å². The van der Waals surface area contributed by atoms with Gasteiger partial charge in [0.25, 0.3) is 5.91 Å². The number of hydrogen-bond acceptors (Lipinski definition) is 6. The van der Waals surface area contributed by atoms with Crippen molar-refractivity contribution < 1.29 is 14.3 Å². The van der Waals surface area contributed by atoms with Gasteiger partial charge in [0.05, 0.1) is 43.3 Å². The lowest BCUT2D eigenvalue weighted by atomic mass is 10.0. The smallest absolute Gasteiger partial charge is 0.254 e. The fraction of sp³-hybridized carbons (Fsp3) is 0.333. The number of imidazole rings is 1. The number of fused-ring (bicyclic) bond motifs is 1. The Kier molecular flexibility index (Phi) is 5.45. The summed E-state index contributed by atoms with van der Waals surface area (Å²) in [5.41, 5.74) is 4.69. The maximum atomic E-state index is 13.7. The number of carbonyl (C=O) groups excluding carboxylic acids is 1. The fourth-order valence-corrected chi connectivity index (χ4v) is 4.62. The van der Waals surface area contributed by atoms with Gasteiger partial charge in [0, 0.05) is 36.3 Å². The summed E-state index contributed by atoms with van der Waals surface area (Å²) in [6, 6.07) is 11.5. The Balaban J connectivity index is 1.44. The highest BCUT2D eigenvalue weighted by Crippen LogP contribution is 2.33. The molecule has 33 heavy (non-hydrogen) atoms. The van der Waals surface area contributed by atoms with Gasteiger partial charge in [-0.3, -0.25) is 4.79 Å². The van der Waals surface area contributed by atoms with Crippen LogP contribution in [0.5, 0.6) is 11.5 Å². The van der Waals surface area contributed by atoms with E-state index in [-0.39, 0.29) is 11.9 Å². The molecule has 1 aliphatic rings. The number of hydrogen-bond donors (Lipinski definition) is 1. The summed E-state index contributed by atoms with van der Waals surface area (Å²) < 4.78 is 13.0. The average Bonchev–Trinajstić information content (AvgIpc) is 3.58. The first kappa shape index (κ1) is 21.0. The molecule has 4 aromatic rings. The first-order chi connectivity index (χ1) is 16.1. The normalized spacial score (nSPS) is 15.8. The van der Waals surface area contributed by atoms with Crippen molar-refractivity contribution in [2.24, 2.45) is 0 Å². The van der Waals surface area contributed by atoms with Gasteiger partial charge >= 0.3 is 0 Å². The monoisotopic (exact) mass is 446 g/mol. The molecule has 9 nitrogen and oxygen atoms in total. The van der Waals surface area contributed by atoms with E-state index in [4.69, 9.17) is 9.47 Å². The Hall–Kier alpha value is -3.88. The molecule has 0 radical (unpaired) electrons. The third kappa shape index (κ3) is 3.69. The van der Waals surface area contributed by atoms with Gasteiger partial charge in [0.2, 0.25) is 0 Å². The van der Waals surface area contributed by atoms with Crippen LogP contribution >= 0.6 is 0 Å². The molecule has 1 aliphatic heterocycles. The SMILES string of the molecule is COc1cc2ncn(C[C@@H]3CCCN3C(=O)c3ccccc3-c3n[nH]nc3C)c2cc1OC. The molecule has 0 spiro atoms. The second-order valence-corrected chi connectivity index (χ2v) is 8.19. The Bertz CT molecular complexity index is 1310. The summed E-state index contributed by atoms with van der Waals surface area (Å²) in [6.07, 6.45) is 3.71. The highest BCUT2D eigenvalue weighted by molar-refractivity contribution is 6.01. The van der Waals surface area contributed by atoms with Gasteiger partial charge in [0.15, 0.2) is 11.5 Å². The molecule has 0 aliphatic carbocycles. The third-order valence-electron chi connectivity index (χ3n) is 6.31. The summed E-state index contributed by atoms with van der Waals surface area (Å²) in [4.78, 5) is 20.2. The van der Waals surface area contributed by atoms with Crippen LogP contribution in [0.3, 0.4) is 0 Å². The number of likely N-dealkylation sites (tertiary alicyclic amines) is 1. The molecular weight excluding hydrogens is 420 g/mol. The molecule has 1 saturated heterocycles. The highest BCUT2D eigenvalue weighted by Gasteiger charge is 2.31. The van der Waals surface area contributed by atoms with E-state index >= 15 is 0 Å².